The zero-order chi connectivity index (χ0) is 12.7. The zero-order valence-electron chi connectivity index (χ0n) is 10.7. The lowest BCUT2D eigenvalue weighted by molar-refractivity contribution is 0.625. The fourth-order valence-corrected chi connectivity index (χ4v) is 3.40. The number of fused-ring (bicyclic) bond motifs is 1. The Morgan fingerprint density at radius 3 is 2.53 bits per heavy atom. The number of hydrogen-bond donors (Lipinski definition) is 0. The molecule has 2 atom stereocenters. The van der Waals surface area contributed by atoms with Crippen molar-refractivity contribution < 1.29 is 0 Å². The molecule has 0 aliphatic heterocycles. The Kier molecular flexibility index (Phi) is 2.41. The number of benzene rings is 1. The van der Waals surface area contributed by atoms with E-state index in [-0.39, 0.29) is 0 Å². The van der Waals surface area contributed by atoms with Gasteiger partial charge in [0.25, 0.3) is 0 Å². The third-order valence-electron chi connectivity index (χ3n) is 4.34. The average molecular weight is 244 g/mol. The van der Waals surface area contributed by atoms with E-state index >= 15 is 0 Å². The molecule has 0 heteroatoms. The van der Waals surface area contributed by atoms with Gasteiger partial charge in [0.1, 0.15) is 0 Å². The summed E-state index contributed by atoms with van der Waals surface area (Å²) in [5.41, 5.74) is 4.35. The summed E-state index contributed by atoms with van der Waals surface area (Å²) in [4.78, 5) is 0. The van der Waals surface area contributed by atoms with Crippen LogP contribution in [0, 0.1) is 11.8 Å². The van der Waals surface area contributed by atoms with Gasteiger partial charge in [-0.3, -0.25) is 0 Å². The summed E-state index contributed by atoms with van der Waals surface area (Å²) in [6, 6.07) is 8.73. The van der Waals surface area contributed by atoms with Crippen LogP contribution in [0.5, 0.6) is 0 Å². The average Bonchev–Trinajstić information content (AvgIpc) is 3.17. The summed E-state index contributed by atoms with van der Waals surface area (Å²) in [5, 5.41) is 0. The molecule has 4 rings (SSSR count). The van der Waals surface area contributed by atoms with Crippen molar-refractivity contribution in [1.82, 2.24) is 0 Å². The Morgan fingerprint density at radius 2 is 1.63 bits per heavy atom. The lowest BCUT2D eigenvalue weighted by Crippen LogP contribution is -2.12. The molecule has 0 saturated carbocycles. The van der Waals surface area contributed by atoms with E-state index in [4.69, 9.17) is 0 Å². The van der Waals surface area contributed by atoms with Crippen LogP contribution in [0.3, 0.4) is 0 Å². The van der Waals surface area contributed by atoms with Crippen molar-refractivity contribution in [2.75, 3.05) is 0 Å². The lowest BCUT2D eigenvalue weighted by Gasteiger charge is -2.23. The van der Waals surface area contributed by atoms with Gasteiger partial charge in [-0.1, -0.05) is 84.5 Å². The molecule has 0 N–H and O–H groups in total. The van der Waals surface area contributed by atoms with Crippen molar-refractivity contribution >= 4 is 6.08 Å². The maximum Gasteiger partial charge on any atom is 0.0246 e. The monoisotopic (exact) mass is 244 g/mol. The summed E-state index contributed by atoms with van der Waals surface area (Å²) in [5.74, 6) is 1.51. The van der Waals surface area contributed by atoms with Crippen molar-refractivity contribution in [3.05, 3.63) is 89.6 Å². The molecule has 92 valence electrons. The zero-order valence-corrected chi connectivity index (χ0v) is 10.7. The Balaban J connectivity index is 1.69. The highest BCUT2D eigenvalue weighted by Crippen LogP contribution is 2.43. The minimum atomic E-state index is 0.457. The van der Waals surface area contributed by atoms with Gasteiger partial charge in [0, 0.05) is 17.8 Å². The molecule has 2 unspecified atom stereocenters. The van der Waals surface area contributed by atoms with Crippen LogP contribution in [0.4, 0.5) is 0 Å². The summed E-state index contributed by atoms with van der Waals surface area (Å²) in [7, 11) is 0. The number of allylic oxidation sites excluding steroid dienone is 9. The minimum Gasteiger partial charge on any atom is -0.0767 e. The lowest BCUT2D eigenvalue weighted by atomic mass is 9.80. The van der Waals surface area contributed by atoms with Gasteiger partial charge in [0.05, 0.1) is 0 Å². The normalized spacial score (nSPS) is 27.3. The Labute approximate surface area is 114 Å². The second kappa shape index (κ2) is 4.24. The molecule has 0 nitrogen and oxygen atoms in total. The summed E-state index contributed by atoms with van der Waals surface area (Å²) in [6.45, 7) is 0. The maximum atomic E-state index is 2.35. The quantitative estimate of drug-likeness (QED) is 0.710. The Morgan fingerprint density at radius 1 is 0.789 bits per heavy atom. The van der Waals surface area contributed by atoms with Crippen molar-refractivity contribution in [3.8, 4) is 0 Å². The summed E-state index contributed by atoms with van der Waals surface area (Å²) >= 11 is 0. The van der Waals surface area contributed by atoms with Crippen molar-refractivity contribution in [1.29, 1.82) is 0 Å². The van der Waals surface area contributed by atoms with E-state index in [1.807, 2.05) is 0 Å². The second-order valence-corrected chi connectivity index (χ2v) is 5.39. The van der Waals surface area contributed by atoms with Gasteiger partial charge in [-0.05, 0) is 11.1 Å². The number of hydrogen-bond acceptors (Lipinski definition) is 0. The third kappa shape index (κ3) is 1.67. The molecule has 0 fully saturated rings. The first-order valence-electron chi connectivity index (χ1n) is 6.94. The van der Waals surface area contributed by atoms with Crippen LogP contribution in [-0.4, -0.2) is 0 Å². The highest BCUT2D eigenvalue weighted by Gasteiger charge is 2.30. The largest absolute Gasteiger partial charge is 0.0767 e. The van der Waals surface area contributed by atoms with E-state index in [0.717, 1.165) is 0 Å². The van der Waals surface area contributed by atoms with Crippen LogP contribution in [0.15, 0.2) is 78.4 Å². The van der Waals surface area contributed by atoms with Gasteiger partial charge in [-0.25, -0.2) is 0 Å². The van der Waals surface area contributed by atoms with Gasteiger partial charge in [-0.2, -0.15) is 0 Å². The van der Waals surface area contributed by atoms with Gasteiger partial charge in [0.15, 0.2) is 0 Å². The van der Waals surface area contributed by atoms with Gasteiger partial charge in [0.2, 0.25) is 0 Å². The highest BCUT2D eigenvalue weighted by atomic mass is 14.3. The first-order chi connectivity index (χ1) is 9.43. The Hall–Kier alpha value is -2.08. The molecule has 0 spiro atoms. The molecule has 3 aliphatic carbocycles. The number of rotatable bonds is 2. The molecule has 0 bridgehead atoms. The van der Waals surface area contributed by atoms with Crippen molar-refractivity contribution in [2.45, 2.75) is 5.92 Å². The predicted molar refractivity (Wildman–Crippen MR) is 80.7 cm³/mol. The molecule has 0 heterocycles. The standard InChI is InChI=1S/C19H16/c1-2-7-14(6-1)17-10-5-11-18(17)19-13-12-15-8-3-4-9-16(15)19/h1-14,17,19H. The van der Waals surface area contributed by atoms with Gasteiger partial charge < -0.3 is 0 Å². The summed E-state index contributed by atoms with van der Waals surface area (Å²) < 4.78 is 0. The van der Waals surface area contributed by atoms with Crippen LogP contribution in [0.25, 0.3) is 6.08 Å². The molecular weight excluding hydrogens is 228 g/mol. The van der Waals surface area contributed by atoms with Crippen LogP contribution in [-0.2, 0) is 0 Å². The molecule has 1 aromatic carbocycles. The van der Waals surface area contributed by atoms with E-state index in [1.54, 1.807) is 0 Å². The first kappa shape index (κ1) is 10.8. The van der Waals surface area contributed by atoms with Crippen LogP contribution in [0.2, 0.25) is 0 Å². The fraction of sp³-hybridized carbons (Fsp3) is 0.158. The van der Waals surface area contributed by atoms with E-state index < -0.39 is 0 Å². The predicted octanol–water partition coefficient (Wildman–Crippen LogP) is 4.65. The van der Waals surface area contributed by atoms with Crippen LogP contribution >= 0.6 is 0 Å². The van der Waals surface area contributed by atoms with E-state index in [1.165, 1.54) is 16.7 Å². The minimum absolute atomic E-state index is 0.457. The second-order valence-electron chi connectivity index (χ2n) is 5.39. The molecule has 0 aromatic heterocycles. The molecular formula is C19H16. The van der Waals surface area contributed by atoms with Gasteiger partial charge in [-0.15, -0.1) is 0 Å². The fourth-order valence-electron chi connectivity index (χ4n) is 3.40. The smallest absolute Gasteiger partial charge is 0.0246 e. The highest BCUT2D eigenvalue weighted by molar-refractivity contribution is 5.65. The molecule has 0 amide bonds. The third-order valence-corrected chi connectivity index (χ3v) is 4.34. The van der Waals surface area contributed by atoms with E-state index in [0.29, 0.717) is 17.8 Å². The first-order valence-corrected chi connectivity index (χ1v) is 6.94. The molecule has 3 aliphatic rings. The SMILES string of the molecule is C1=CC(C2C=CC=C2C2C=Cc3ccccc32)C=C1. The topological polar surface area (TPSA) is 0 Å². The summed E-state index contributed by atoms with van der Waals surface area (Å²) in [6.07, 6.45) is 20.4. The van der Waals surface area contributed by atoms with Crippen LogP contribution < -0.4 is 0 Å². The molecule has 0 radical (unpaired) electrons. The van der Waals surface area contributed by atoms with Crippen LogP contribution in [0.1, 0.15) is 17.0 Å². The van der Waals surface area contributed by atoms with E-state index in [9.17, 15) is 0 Å². The van der Waals surface area contributed by atoms with Crippen molar-refractivity contribution in [2.24, 2.45) is 11.8 Å². The van der Waals surface area contributed by atoms with Gasteiger partial charge >= 0.3 is 0 Å². The molecule has 1 aromatic rings. The maximum absolute atomic E-state index is 2.35. The Bertz CT molecular complexity index is 640. The van der Waals surface area contributed by atoms with Crippen molar-refractivity contribution in [3.63, 3.8) is 0 Å². The molecule has 0 saturated heterocycles. The molecule has 19 heavy (non-hydrogen) atoms. The van der Waals surface area contributed by atoms with E-state index in [2.05, 4.69) is 78.9 Å².